The van der Waals surface area contributed by atoms with Gasteiger partial charge >= 0.3 is 0 Å². The Hall–Kier alpha value is -2.87. The first-order valence-electron chi connectivity index (χ1n) is 11.0. The van der Waals surface area contributed by atoms with Crippen molar-refractivity contribution in [3.05, 3.63) is 34.2 Å². The Kier molecular flexibility index (Phi) is 5.40. The first-order chi connectivity index (χ1) is 15.1. The Labute approximate surface area is 180 Å². The summed E-state index contributed by atoms with van der Waals surface area (Å²) in [6.45, 7) is 1.32. The molecule has 1 N–H and O–H groups in total. The number of hydrogen-bond donors (Lipinski definition) is 1. The molecule has 1 atom stereocenters. The van der Waals surface area contributed by atoms with Crippen molar-refractivity contribution >= 4 is 11.0 Å². The topological polar surface area (TPSA) is 91.3 Å². The van der Waals surface area contributed by atoms with Gasteiger partial charge in [0, 0.05) is 25.5 Å². The van der Waals surface area contributed by atoms with Gasteiger partial charge in [0.15, 0.2) is 5.65 Å². The van der Waals surface area contributed by atoms with Crippen LogP contribution in [0.15, 0.2) is 23.0 Å². The number of hydrogen-bond acceptors (Lipinski definition) is 6. The Balaban J connectivity index is 1.52. The maximum Gasteiger partial charge on any atom is 0.262 e. The number of nitrogens with one attached hydrogen (secondary N) is 1. The molecule has 1 aliphatic carbocycles. The number of H-pyrrole nitrogens is 1. The molecule has 8 heteroatoms. The second-order valence-corrected chi connectivity index (χ2v) is 8.42. The molecule has 0 radical (unpaired) electrons. The van der Waals surface area contributed by atoms with E-state index in [9.17, 15) is 4.79 Å². The maximum absolute atomic E-state index is 13.1. The van der Waals surface area contributed by atoms with Crippen LogP contribution < -0.4 is 15.0 Å². The van der Waals surface area contributed by atoms with Crippen LogP contribution in [0.4, 0.5) is 0 Å². The zero-order valence-electron chi connectivity index (χ0n) is 18.0. The van der Waals surface area contributed by atoms with Crippen molar-refractivity contribution in [3.63, 3.8) is 0 Å². The Morgan fingerprint density at radius 2 is 2.03 bits per heavy atom. The Morgan fingerprint density at radius 3 is 2.77 bits per heavy atom. The number of aromatic amines is 1. The third-order valence-electron chi connectivity index (χ3n) is 6.33. The number of ether oxygens (including phenoxy) is 3. The number of benzene rings is 1. The normalized spacial score (nSPS) is 19.7. The van der Waals surface area contributed by atoms with Crippen LogP contribution in [0.3, 0.4) is 0 Å². The molecule has 164 valence electrons. The summed E-state index contributed by atoms with van der Waals surface area (Å²) in [4.78, 5) is 20.9. The summed E-state index contributed by atoms with van der Waals surface area (Å²) < 4.78 is 18.7. The van der Waals surface area contributed by atoms with Crippen molar-refractivity contribution in [2.24, 2.45) is 7.05 Å². The predicted molar refractivity (Wildman–Crippen MR) is 117 cm³/mol. The van der Waals surface area contributed by atoms with E-state index in [1.807, 2.05) is 25.2 Å². The van der Waals surface area contributed by atoms with Crippen molar-refractivity contribution in [1.82, 2.24) is 19.7 Å². The molecule has 3 aromatic rings. The molecule has 8 nitrogen and oxygen atoms in total. The largest absolute Gasteiger partial charge is 0.496 e. The molecule has 31 heavy (non-hydrogen) atoms. The van der Waals surface area contributed by atoms with Crippen molar-refractivity contribution in [2.45, 2.75) is 50.5 Å². The van der Waals surface area contributed by atoms with Crippen LogP contribution in [-0.2, 0) is 11.8 Å². The van der Waals surface area contributed by atoms with Gasteiger partial charge in [-0.15, -0.1) is 0 Å². The molecule has 1 aromatic carbocycles. The Bertz CT molecular complexity index is 1140. The molecule has 1 saturated carbocycles. The van der Waals surface area contributed by atoms with Crippen LogP contribution in [0.2, 0.25) is 0 Å². The van der Waals surface area contributed by atoms with Gasteiger partial charge in [-0.3, -0.25) is 4.79 Å². The van der Waals surface area contributed by atoms with Gasteiger partial charge in [-0.05, 0) is 25.0 Å². The van der Waals surface area contributed by atoms with Gasteiger partial charge in [-0.2, -0.15) is 5.10 Å². The van der Waals surface area contributed by atoms with E-state index in [-0.39, 0.29) is 11.7 Å². The molecule has 5 rings (SSSR count). The molecule has 0 bridgehead atoms. The van der Waals surface area contributed by atoms with Crippen LogP contribution in [0, 0.1) is 0 Å². The van der Waals surface area contributed by atoms with Crippen molar-refractivity contribution in [1.29, 1.82) is 0 Å². The van der Waals surface area contributed by atoms with E-state index in [1.165, 1.54) is 19.3 Å². The highest BCUT2D eigenvalue weighted by Gasteiger charge is 2.25. The minimum absolute atomic E-state index is 0.0532. The van der Waals surface area contributed by atoms with E-state index < -0.39 is 0 Å². The fourth-order valence-electron chi connectivity index (χ4n) is 4.71. The number of fused-ring (bicyclic) bond motifs is 1. The van der Waals surface area contributed by atoms with E-state index in [0.717, 1.165) is 31.6 Å². The molecular weight excluding hydrogens is 396 g/mol. The molecule has 1 saturated heterocycles. The molecule has 3 heterocycles. The number of aryl methyl sites for hydroxylation is 1. The highest BCUT2D eigenvalue weighted by Crippen LogP contribution is 2.36. The summed E-state index contributed by atoms with van der Waals surface area (Å²) in [5, 5.41) is 5.30. The third kappa shape index (κ3) is 3.80. The average Bonchev–Trinajstić information content (AvgIpc) is 3.42. The fraction of sp³-hybridized carbons (Fsp3) is 0.522. The standard InChI is InChI=1S/C23H28N4O4/c1-27-22-19(20(26-27)14-6-4-3-5-7-14)23(28)25-21(24-22)17-9-8-15(12-18(17)29-2)31-16-10-11-30-13-16/h8-9,12,14,16H,3-7,10-11,13H2,1-2H3,(H,24,25,28)/t16-/m1/s1. The highest BCUT2D eigenvalue weighted by atomic mass is 16.5. The summed E-state index contributed by atoms with van der Waals surface area (Å²) in [7, 11) is 3.45. The monoisotopic (exact) mass is 424 g/mol. The second-order valence-electron chi connectivity index (χ2n) is 8.42. The van der Waals surface area contributed by atoms with E-state index in [4.69, 9.17) is 24.3 Å². The third-order valence-corrected chi connectivity index (χ3v) is 6.33. The van der Waals surface area contributed by atoms with Gasteiger partial charge in [0.25, 0.3) is 5.56 Å². The second kappa shape index (κ2) is 8.34. The first-order valence-corrected chi connectivity index (χ1v) is 11.0. The van der Waals surface area contributed by atoms with Crippen molar-refractivity contribution < 1.29 is 14.2 Å². The maximum atomic E-state index is 13.1. The minimum Gasteiger partial charge on any atom is -0.496 e. The number of aromatic nitrogens is 4. The SMILES string of the molecule is COc1cc(O[C@@H]2CCOC2)ccc1-c1nc2c(c(C3CCCCC3)nn2C)c(=O)[nH]1. The van der Waals surface area contributed by atoms with Gasteiger partial charge in [0.2, 0.25) is 0 Å². The molecule has 0 unspecified atom stereocenters. The molecule has 1 aliphatic heterocycles. The lowest BCUT2D eigenvalue weighted by molar-refractivity contribution is 0.141. The number of nitrogens with zero attached hydrogens (tertiary/aromatic N) is 3. The van der Waals surface area contributed by atoms with Gasteiger partial charge in [0.05, 0.1) is 31.6 Å². The highest BCUT2D eigenvalue weighted by molar-refractivity contribution is 5.80. The van der Waals surface area contributed by atoms with Crippen LogP contribution in [0.25, 0.3) is 22.4 Å². The average molecular weight is 425 g/mol. The first kappa shape index (κ1) is 20.1. The minimum atomic E-state index is -0.154. The Morgan fingerprint density at radius 1 is 1.19 bits per heavy atom. The molecule has 0 spiro atoms. The summed E-state index contributed by atoms with van der Waals surface area (Å²) in [5.74, 6) is 2.09. The quantitative estimate of drug-likeness (QED) is 0.674. The van der Waals surface area contributed by atoms with Gasteiger partial charge in [-0.25, -0.2) is 9.67 Å². The van der Waals surface area contributed by atoms with Gasteiger partial charge in [-0.1, -0.05) is 19.3 Å². The number of methoxy groups -OCH3 is 1. The van der Waals surface area contributed by atoms with E-state index in [0.29, 0.717) is 46.4 Å². The molecular formula is C23H28N4O4. The summed E-state index contributed by atoms with van der Waals surface area (Å²) in [6, 6.07) is 5.57. The van der Waals surface area contributed by atoms with Crippen LogP contribution >= 0.6 is 0 Å². The smallest absolute Gasteiger partial charge is 0.262 e. The predicted octanol–water partition coefficient (Wildman–Crippen LogP) is 3.55. The zero-order chi connectivity index (χ0) is 21.4. The summed E-state index contributed by atoms with van der Waals surface area (Å²) in [6.07, 6.45) is 6.71. The summed E-state index contributed by atoms with van der Waals surface area (Å²) >= 11 is 0. The van der Waals surface area contributed by atoms with Crippen molar-refractivity contribution in [3.8, 4) is 22.9 Å². The van der Waals surface area contributed by atoms with E-state index in [2.05, 4.69) is 4.98 Å². The van der Waals surface area contributed by atoms with Crippen LogP contribution in [0.1, 0.15) is 50.1 Å². The van der Waals surface area contributed by atoms with Gasteiger partial charge in [0.1, 0.15) is 28.8 Å². The molecule has 2 aliphatic rings. The lowest BCUT2D eigenvalue weighted by Gasteiger charge is -2.19. The van der Waals surface area contributed by atoms with E-state index in [1.54, 1.807) is 11.8 Å². The van der Waals surface area contributed by atoms with Crippen LogP contribution in [-0.4, -0.2) is 46.2 Å². The molecule has 2 fully saturated rings. The van der Waals surface area contributed by atoms with Gasteiger partial charge < -0.3 is 19.2 Å². The lowest BCUT2D eigenvalue weighted by atomic mass is 9.86. The van der Waals surface area contributed by atoms with Crippen LogP contribution in [0.5, 0.6) is 11.5 Å². The number of rotatable bonds is 5. The molecule has 2 aromatic heterocycles. The lowest BCUT2D eigenvalue weighted by Crippen LogP contribution is -2.16. The molecule has 0 amide bonds. The van der Waals surface area contributed by atoms with E-state index >= 15 is 0 Å². The summed E-state index contributed by atoms with van der Waals surface area (Å²) in [5.41, 5.74) is 2.04. The zero-order valence-corrected chi connectivity index (χ0v) is 18.0. The van der Waals surface area contributed by atoms with Crippen molar-refractivity contribution in [2.75, 3.05) is 20.3 Å². The fourth-order valence-corrected chi connectivity index (χ4v) is 4.71.